The van der Waals surface area contributed by atoms with Crippen LogP contribution in [0.25, 0.3) is 0 Å². The Hall–Kier alpha value is -1.33. The molecule has 0 bridgehead atoms. The maximum Gasteiger partial charge on any atom is 0.271 e. The van der Waals surface area contributed by atoms with Crippen molar-refractivity contribution in [2.24, 2.45) is 0 Å². The summed E-state index contributed by atoms with van der Waals surface area (Å²) in [5.41, 5.74) is 0.262. The van der Waals surface area contributed by atoms with Gasteiger partial charge in [-0.25, -0.2) is 4.98 Å². The molecule has 0 spiro atoms. The van der Waals surface area contributed by atoms with Crippen LogP contribution in [-0.2, 0) is 4.74 Å². The number of aromatic nitrogens is 1. The lowest BCUT2D eigenvalue weighted by molar-refractivity contribution is 0.0903. The number of ether oxygens (including phenoxy) is 1. The minimum atomic E-state index is -0.243. The van der Waals surface area contributed by atoms with Crippen molar-refractivity contribution in [3.63, 3.8) is 0 Å². The van der Waals surface area contributed by atoms with Crippen LogP contribution < -0.4 is 10.6 Å². The molecule has 20 heavy (non-hydrogen) atoms. The third-order valence-corrected chi connectivity index (χ3v) is 3.50. The standard InChI is InChI=1S/C14H20ClN3O2/c1-2-16-12-6-5-11(15)13(18-12)14(19)17-8-7-10-4-3-9-20-10/h5-6,10H,2-4,7-9H2,1H3,(H,16,18)(H,17,19). The van der Waals surface area contributed by atoms with E-state index in [1.54, 1.807) is 12.1 Å². The lowest BCUT2D eigenvalue weighted by Crippen LogP contribution is -2.28. The highest BCUT2D eigenvalue weighted by Crippen LogP contribution is 2.17. The van der Waals surface area contributed by atoms with Crippen LogP contribution >= 0.6 is 11.6 Å². The Morgan fingerprint density at radius 3 is 3.10 bits per heavy atom. The topological polar surface area (TPSA) is 63.2 Å². The molecule has 2 N–H and O–H groups in total. The molecule has 1 aromatic rings. The van der Waals surface area contributed by atoms with E-state index in [1.165, 1.54) is 0 Å². The molecule has 1 fully saturated rings. The number of pyridine rings is 1. The number of halogens is 1. The highest BCUT2D eigenvalue weighted by Gasteiger charge is 2.17. The molecule has 0 aromatic carbocycles. The first-order valence-electron chi connectivity index (χ1n) is 7.01. The van der Waals surface area contributed by atoms with Gasteiger partial charge in [0.1, 0.15) is 11.5 Å². The van der Waals surface area contributed by atoms with Crippen molar-refractivity contribution < 1.29 is 9.53 Å². The van der Waals surface area contributed by atoms with Crippen molar-refractivity contribution in [3.8, 4) is 0 Å². The summed E-state index contributed by atoms with van der Waals surface area (Å²) in [6.07, 6.45) is 3.28. The van der Waals surface area contributed by atoms with Crippen LogP contribution in [0.4, 0.5) is 5.82 Å². The third kappa shape index (κ3) is 4.08. The van der Waals surface area contributed by atoms with Gasteiger partial charge in [-0.3, -0.25) is 4.79 Å². The Bertz CT molecular complexity index is 462. The molecule has 0 aliphatic carbocycles. The highest BCUT2D eigenvalue weighted by atomic mass is 35.5. The quantitative estimate of drug-likeness (QED) is 0.847. The molecular formula is C14H20ClN3O2. The fourth-order valence-corrected chi connectivity index (χ4v) is 2.37. The van der Waals surface area contributed by atoms with E-state index in [0.717, 1.165) is 32.4 Å². The van der Waals surface area contributed by atoms with Crippen LogP contribution in [0.3, 0.4) is 0 Å². The molecule has 1 aliphatic rings. The highest BCUT2D eigenvalue weighted by molar-refractivity contribution is 6.33. The van der Waals surface area contributed by atoms with Gasteiger partial charge < -0.3 is 15.4 Å². The van der Waals surface area contributed by atoms with Gasteiger partial charge >= 0.3 is 0 Å². The molecule has 1 aromatic heterocycles. The van der Waals surface area contributed by atoms with E-state index in [2.05, 4.69) is 15.6 Å². The maximum absolute atomic E-state index is 12.1. The van der Waals surface area contributed by atoms with E-state index in [1.807, 2.05) is 6.92 Å². The number of carbonyl (C=O) groups is 1. The summed E-state index contributed by atoms with van der Waals surface area (Å²) in [6, 6.07) is 3.44. The molecule has 1 amide bonds. The zero-order chi connectivity index (χ0) is 14.4. The van der Waals surface area contributed by atoms with Crippen LogP contribution in [0.15, 0.2) is 12.1 Å². The number of amides is 1. The van der Waals surface area contributed by atoms with Gasteiger partial charge in [0.25, 0.3) is 5.91 Å². The number of hydrogen-bond acceptors (Lipinski definition) is 4. The van der Waals surface area contributed by atoms with Crippen molar-refractivity contribution in [2.45, 2.75) is 32.3 Å². The fourth-order valence-electron chi connectivity index (χ4n) is 2.18. The summed E-state index contributed by atoms with van der Waals surface area (Å²) in [7, 11) is 0. The second-order valence-electron chi connectivity index (χ2n) is 4.74. The smallest absolute Gasteiger partial charge is 0.271 e. The molecule has 6 heteroatoms. The average molecular weight is 298 g/mol. The number of hydrogen-bond donors (Lipinski definition) is 2. The van der Waals surface area contributed by atoms with Gasteiger partial charge in [-0.15, -0.1) is 0 Å². The van der Waals surface area contributed by atoms with Gasteiger partial charge in [-0.05, 0) is 38.3 Å². The second-order valence-corrected chi connectivity index (χ2v) is 5.14. The largest absolute Gasteiger partial charge is 0.378 e. The summed E-state index contributed by atoms with van der Waals surface area (Å²) >= 11 is 6.02. The minimum absolute atomic E-state index is 0.243. The first-order valence-corrected chi connectivity index (χ1v) is 7.38. The molecule has 110 valence electrons. The first-order chi connectivity index (χ1) is 9.70. The Balaban J connectivity index is 1.88. The monoisotopic (exact) mass is 297 g/mol. The predicted octanol–water partition coefficient (Wildman–Crippen LogP) is 2.47. The molecule has 1 unspecified atom stereocenters. The predicted molar refractivity (Wildman–Crippen MR) is 79.3 cm³/mol. The van der Waals surface area contributed by atoms with Gasteiger partial charge in [0.2, 0.25) is 0 Å². The normalized spacial score (nSPS) is 18.0. The molecule has 0 radical (unpaired) electrons. The number of anilines is 1. The molecule has 0 saturated carbocycles. The van der Waals surface area contributed by atoms with E-state index in [-0.39, 0.29) is 17.7 Å². The van der Waals surface area contributed by atoms with Crippen LogP contribution in [0.1, 0.15) is 36.7 Å². The Morgan fingerprint density at radius 1 is 1.55 bits per heavy atom. The summed E-state index contributed by atoms with van der Waals surface area (Å²) < 4.78 is 5.51. The Morgan fingerprint density at radius 2 is 2.40 bits per heavy atom. The van der Waals surface area contributed by atoms with Crippen LogP contribution in [0, 0.1) is 0 Å². The van der Waals surface area contributed by atoms with Crippen LogP contribution in [0.5, 0.6) is 0 Å². The third-order valence-electron chi connectivity index (χ3n) is 3.19. The summed E-state index contributed by atoms with van der Waals surface area (Å²) in [5, 5.41) is 6.27. The van der Waals surface area contributed by atoms with E-state index < -0.39 is 0 Å². The SMILES string of the molecule is CCNc1ccc(Cl)c(C(=O)NCCC2CCCO2)n1. The summed E-state index contributed by atoms with van der Waals surface area (Å²) in [4.78, 5) is 16.3. The molecule has 1 atom stereocenters. The Kier molecular flexibility index (Phi) is 5.61. The zero-order valence-corrected chi connectivity index (χ0v) is 12.4. The van der Waals surface area contributed by atoms with Gasteiger partial charge in [0.05, 0.1) is 11.1 Å². The summed E-state index contributed by atoms with van der Waals surface area (Å²) in [6.45, 7) is 4.12. The van der Waals surface area contributed by atoms with E-state index >= 15 is 0 Å². The van der Waals surface area contributed by atoms with Crippen LogP contribution in [-0.4, -0.2) is 36.7 Å². The van der Waals surface area contributed by atoms with Crippen molar-refractivity contribution in [2.75, 3.05) is 25.0 Å². The average Bonchev–Trinajstić information content (AvgIpc) is 2.94. The fraction of sp³-hybridized carbons (Fsp3) is 0.571. The maximum atomic E-state index is 12.1. The number of carbonyl (C=O) groups excluding carboxylic acids is 1. The van der Waals surface area contributed by atoms with Gasteiger partial charge in [0, 0.05) is 19.7 Å². The van der Waals surface area contributed by atoms with Crippen molar-refractivity contribution in [3.05, 3.63) is 22.8 Å². The number of nitrogens with one attached hydrogen (secondary N) is 2. The first kappa shape index (κ1) is 15.1. The van der Waals surface area contributed by atoms with E-state index in [9.17, 15) is 4.79 Å². The van der Waals surface area contributed by atoms with Gasteiger partial charge in [-0.2, -0.15) is 0 Å². The molecule has 2 rings (SSSR count). The second kappa shape index (κ2) is 7.45. The molecule has 1 saturated heterocycles. The molecular weight excluding hydrogens is 278 g/mol. The molecule has 5 nitrogen and oxygen atoms in total. The van der Waals surface area contributed by atoms with Gasteiger partial charge in [0.15, 0.2) is 0 Å². The van der Waals surface area contributed by atoms with Crippen molar-refractivity contribution in [1.82, 2.24) is 10.3 Å². The zero-order valence-electron chi connectivity index (χ0n) is 11.6. The van der Waals surface area contributed by atoms with E-state index in [0.29, 0.717) is 17.4 Å². The van der Waals surface area contributed by atoms with Crippen molar-refractivity contribution >= 4 is 23.3 Å². The summed E-state index contributed by atoms with van der Waals surface area (Å²) in [5.74, 6) is 0.411. The van der Waals surface area contributed by atoms with Crippen molar-refractivity contribution in [1.29, 1.82) is 0 Å². The minimum Gasteiger partial charge on any atom is -0.378 e. The molecule has 1 aliphatic heterocycles. The Labute approximate surface area is 124 Å². The van der Waals surface area contributed by atoms with Crippen LogP contribution in [0.2, 0.25) is 5.02 Å². The lowest BCUT2D eigenvalue weighted by Gasteiger charge is -2.11. The number of nitrogens with zero attached hydrogens (tertiary/aromatic N) is 1. The lowest BCUT2D eigenvalue weighted by atomic mass is 10.2. The molecule has 2 heterocycles. The van der Waals surface area contributed by atoms with E-state index in [4.69, 9.17) is 16.3 Å². The number of rotatable bonds is 6. The van der Waals surface area contributed by atoms with Gasteiger partial charge in [-0.1, -0.05) is 11.6 Å².